The SMILES string of the molecule is CC(C)(C)c1cc(C[NH2+]CCCOC(c2ccccc2)(c2ccccc2)c2ccccc2)cc(C(C)(C)C)c1.F[P-](F)(F)(F)(F)F.c1ccc2c(c1)OCCOCCOCCOc1ccccc1OCCOCCOCCO2. The minimum absolute atomic E-state index is 0.138. The molecule has 0 saturated heterocycles. The van der Waals surface area contributed by atoms with E-state index in [1.54, 1.807) is 0 Å². The van der Waals surface area contributed by atoms with Gasteiger partial charge >= 0.3 is 33.0 Å². The molecule has 0 unspecified atom stereocenters. The molecule has 7 rings (SSSR count). The molecule has 6 aromatic rings. The summed E-state index contributed by atoms with van der Waals surface area (Å²) in [5.74, 6) is 2.73. The van der Waals surface area contributed by atoms with Crippen LogP contribution in [0.5, 0.6) is 23.0 Å². The van der Waals surface area contributed by atoms with E-state index in [-0.39, 0.29) is 10.8 Å². The maximum absolute atomic E-state index is 10.7. The van der Waals surface area contributed by atoms with E-state index in [1.165, 1.54) is 16.7 Å². The predicted molar refractivity (Wildman–Crippen MR) is 296 cm³/mol. The summed E-state index contributed by atoms with van der Waals surface area (Å²) in [5, 5.41) is 2.42. The van der Waals surface area contributed by atoms with Gasteiger partial charge in [-0.1, -0.05) is 163 Å². The summed E-state index contributed by atoms with van der Waals surface area (Å²) in [7, 11) is -10.7. The monoisotopic (exact) mass is 1110 g/mol. The second-order valence-corrected chi connectivity index (χ2v) is 22.3. The smallest absolute Gasteiger partial charge is 0.161 e. The Morgan fingerprint density at radius 2 is 0.679 bits per heavy atom. The van der Waals surface area contributed by atoms with E-state index in [0.29, 0.717) is 109 Å². The molecule has 0 radical (unpaired) electrons. The average molecular weight is 1110 g/mol. The summed E-state index contributed by atoms with van der Waals surface area (Å²) < 4.78 is 111. The number of ether oxygens (including phenoxy) is 9. The van der Waals surface area contributed by atoms with E-state index in [2.05, 4.69) is 156 Å². The minimum atomic E-state index is -10.7. The summed E-state index contributed by atoms with van der Waals surface area (Å²) in [4.78, 5) is 0. The number of hydrogen-bond donors (Lipinski definition) is 1. The maximum atomic E-state index is 9.87. The van der Waals surface area contributed by atoms with Gasteiger partial charge < -0.3 is 47.9 Å². The van der Waals surface area contributed by atoms with Crippen LogP contribution < -0.4 is 24.3 Å². The molecule has 0 saturated carbocycles. The van der Waals surface area contributed by atoms with Crippen LogP contribution in [0, 0.1) is 0 Å². The van der Waals surface area contributed by atoms with E-state index in [0.717, 1.165) is 36.2 Å². The van der Waals surface area contributed by atoms with Crippen LogP contribution in [0.4, 0.5) is 25.2 Å². The molecule has 17 heteroatoms. The largest absolute Gasteiger partial charge is 0.487 e. The van der Waals surface area contributed by atoms with Crippen LogP contribution in [0.2, 0.25) is 0 Å². The van der Waals surface area contributed by atoms with Crippen LogP contribution >= 0.6 is 7.81 Å². The van der Waals surface area contributed by atoms with E-state index in [9.17, 15) is 25.2 Å². The van der Waals surface area contributed by atoms with Crippen LogP contribution in [-0.4, -0.2) is 92.4 Å². The molecule has 1 heterocycles. The van der Waals surface area contributed by atoms with Crippen molar-refractivity contribution in [2.45, 2.75) is 70.9 Å². The first-order valence-corrected chi connectivity index (χ1v) is 28.4. The van der Waals surface area contributed by atoms with Crippen LogP contribution in [0.3, 0.4) is 0 Å². The normalized spacial score (nSPS) is 15.8. The van der Waals surface area contributed by atoms with E-state index >= 15 is 0 Å². The van der Waals surface area contributed by atoms with E-state index < -0.39 is 13.4 Å². The van der Waals surface area contributed by atoms with Gasteiger partial charge in [-0.15, -0.1) is 0 Å². The Bertz CT molecular complexity index is 2370. The molecule has 2 N–H and O–H groups in total. The van der Waals surface area contributed by atoms with Crippen molar-refractivity contribution in [1.82, 2.24) is 0 Å². The van der Waals surface area contributed by atoms with Crippen molar-refractivity contribution in [3.63, 3.8) is 0 Å². The van der Waals surface area contributed by atoms with Gasteiger partial charge in [-0.2, -0.15) is 0 Å². The molecule has 10 nitrogen and oxygen atoms in total. The summed E-state index contributed by atoms with van der Waals surface area (Å²) in [6.45, 7) is 22.0. The average Bonchev–Trinajstić information content (AvgIpc) is 3.47. The molecular weight excluding hydrogens is 1040 g/mol. The van der Waals surface area contributed by atoms with Gasteiger partial charge in [0.1, 0.15) is 38.6 Å². The molecule has 0 aromatic heterocycles. The van der Waals surface area contributed by atoms with Crippen molar-refractivity contribution in [1.29, 1.82) is 0 Å². The fourth-order valence-electron chi connectivity index (χ4n) is 8.03. The third-order valence-corrected chi connectivity index (χ3v) is 11.9. The second kappa shape index (κ2) is 29.5. The molecule has 78 heavy (non-hydrogen) atoms. The zero-order valence-electron chi connectivity index (χ0n) is 45.8. The summed E-state index contributed by atoms with van der Waals surface area (Å²) in [6.07, 6.45) is 0.972. The summed E-state index contributed by atoms with van der Waals surface area (Å²) >= 11 is 0. The molecule has 428 valence electrons. The summed E-state index contributed by atoms with van der Waals surface area (Å²) in [5.41, 5.74) is 7.33. The molecule has 0 spiro atoms. The molecular formula is C61H78F6NO9P. The molecule has 6 aromatic carbocycles. The first kappa shape index (κ1) is 63.1. The van der Waals surface area contributed by atoms with Crippen molar-refractivity contribution in [2.75, 3.05) is 92.4 Å². The van der Waals surface area contributed by atoms with Crippen LogP contribution in [0.25, 0.3) is 0 Å². The van der Waals surface area contributed by atoms with Crippen LogP contribution in [0.1, 0.15) is 81.3 Å². The summed E-state index contributed by atoms with van der Waals surface area (Å²) in [6, 6.07) is 54.2. The van der Waals surface area contributed by atoms with Crippen molar-refractivity contribution < 1.29 is 73.1 Å². The maximum Gasteiger partial charge on any atom is 0.161 e. The number of halogens is 6. The minimum Gasteiger partial charge on any atom is -0.487 e. The van der Waals surface area contributed by atoms with E-state index in [4.69, 9.17) is 42.6 Å². The molecule has 0 bridgehead atoms. The number of benzene rings is 6. The number of hydrogen-bond acceptors (Lipinski definition) is 9. The zero-order chi connectivity index (χ0) is 56.5. The Balaban J connectivity index is 0.000000260. The number of rotatable bonds is 10. The van der Waals surface area contributed by atoms with Gasteiger partial charge in [0.25, 0.3) is 0 Å². The number of fused-ring (bicyclic) bond motifs is 2. The van der Waals surface area contributed by atoms with Crippen LogP contribution in [-0.2, 0) is 46.7 Å². The Kier molecular flexibility index (Phi) is 23.9. The van der Waals surface area contributed by atoms with Crippen molar-refractivity contribution in [3.8, 4) is 23.0 Å². The van der Waals surface area contributed by atoms with Crippen molar-refractivity contribution in [2.24, 2.45) is 0 Å². The molecule has 1 aliphatic heterocycles. The first-order chi connectivity index (χ1) is 37.0. The Morgan fingerprint density at radius 1 is 0.397 bits per heavy atom. The molecule has 0 fully saturated rings. The van der Waals surface area contributed by atoms with E-state index in [1.807, 2.05) is 48.5 Å². The zero-order valence-corrected chi connectivity index (χ0v) is 46.7. The number of nitrogens with two attached hydrogens (primary N) is 1. The Labute approximate surface area is 456 Å². The topological polar surface area (TPSA) is 99.7 Å². The Morgan fingerprint density at radius 3 is 0.974 bits per heavy atom. The third-order valence-electron chi connectivity index (χ3n) is 11.9. The third kappa shape index (κ3) is 24.1. The van der Waals surface area contributed by atoms with Crippen LogP contribution in [0.15, 0.2) is 158 Å². The van der Waals surface area contributed by atoms with Gasteiger partial charge in [0, 0.05) is 12.0 Å². The van der Waals surface area contributed by atoms with Crippen molar-refractivity contribution in [3.05, 3.63) is 191 Å². The quantitative estimate of drug-likeness (QED) is 0.0622. The van der Waals surface area contributed by atoms with Gasteiger partial charge in [-0.25, -0.2) is 0 Å². The molecule has 0 atom stereocenters. The predicted octanol–water partition coefficient (Wildman–Crippen LogP) is 14.1. The fourth-order valence-corrected chi connectivity index (χ4v) is 8.03. The van der Waals surface area contributed by atoms with Gasteiger partial charge in [0.05, 0.1) is 66.0 Å². The van der Waals surface area contributed by atoms with Gasteiger partial charge in [-0.05, 0) is 75.0 Å². The fraction of sp³-hybridized carbons (Fsp3) is 0.410. The van der Waals surface area contributed by atoms with Gasteiger partial charge in [0.15, 0.2) is 23.0 Å². The standard InChI is InChI=1S/C37H45NO.C24H32O8.F6P/c1-35(2,3)33-25-29(26-34(27-33)36(4,5)6)28-38-23-16-24-39-37(30-17-10-7-11-18-30,31-19-12-8-13-20-31)32-21-14-9-15-22-32;1-2-6-22-21(5-1)29-17-13-25-9-10-27-15-19-31-23-7-3-4-8-24(23)32-20-16-28-12-11-26-14-18-30-22;1-7(2,3,4,5)6/h7-15,17-22,25-27,38H,16,23-24,28H2,1-6H3;1-8H,9-20H2;/q;;-1/p+1. The van der Waals surface area contributed by atoms with Gasteiger partial charge in [0.2, 0.25) is 0 Å². The number of para-hydroxylation sites is 4. The van der Waals surface area contributed by atoms with Crippen molar-refractivity contribution >= 4 is 7.81 Å². The second-order valence-electron chi connectivity index (χ2n) is 20.4. The van der Waals surface area contributed by atoms with Gasteiger partial charge in [-0.3, -0.25) is 0 Å². The number of quaternary nitrogens is 1. The molecule has 0 amide bonds. The Hall–Kier alpha value is -5.71. The first-order valence-electron chi connectivity index (χ1n) is 26.3. The molecule has 0 aliphatic carbocycles. The molecule has 1 aliphatic rings.